The Hall–Kier alpha value is -2.83. The molecular weight excluding hydrogens is 392 g/mol. The van der Waals surface area contributed by atoms with Crippen molar-refractivity contribution in [2.45, 2.75) is 23.0 Å². The Kier molecular flexibility index (Phi) is 4.17. The van der Waals surface area contributed by atoms with Crippen LogP contribution < -0.4 is 10.5 Å². The zero-order chi connectivity index (χ0) is 19.2. The third kappa shape index (κ3) is 3.67. The van der Waals surface area contributed by atoms with Gasteiger partial charge in [-0.15, -0.1) is 11.3 Å². The van der Waals surface area contributed by atoms with Crippen LogP contribution in [0.25, 0.3) is 10.7 Å². The van der Waals surface area contributed by atoms with Crippen LogP contribution in [0.4, 0.5) is 11.6 Å². The molecule has 12 heteroatoms. The first kappa shape index (κ1) is 17.6. The molecule has 0 bridgehead atoms. The molecular formula is C15H16N6O4S2. The van der Waals surface area contributed by atoms with Gasteiger partial charge in [-0.2, -0.15) is 5.10 Å². The van der Waals surface area contributed by atoms with E-state index in [9.17, 15) is 18.3 Å². The predicted molar refractivity (Wildman–Crippen MR) is 99.6 cm³/mol. The largest absolute Gasteiger partial charge is 0.477 e. The molecule has 0 aliphatic heterocycles. The Bertz CT molecular complexity index is 1140. The van der Waals surface area contributed by atoms with Crippen LogP contribution in [0.2, 0.25) is 0 Å². The SMILES string of the molecule is NS(=O)(=O)c1ccc(-c2ncc(C(=O)O)c(Nc3cc(C4CC4)[nH]n3)n2)s1.[HH]. The van der Waals surface area contributed by atoms with Crippen molar-refractivity contribution >= 4 is 39.0 Å². The molecule has 27 heavy (non-hydrogen) atoms. The molecule has 3 aromatic rings. The second-order valence-corrected chi connectivity index (χ2v) is 8.90. The average molecular weight is 408 g/mol. The van der Waals surface area contributed by atoms with Gasteiger partial charge in [0.15, 0.2) is 11.6 Å². The molecule has 1 aliphatic carbocycles. The highest BCUT2D eigenvalue weighted by Gasteiger charge is 2.26. The number of anilines is 2. The lowest BCUT2D eigenvalue weighted by molar-refractivity contribution is 0.0697. The zero-order valence-electron chi connectivity index (χ0n) is 13.7. The van der Waals surface area contributed by atoms with Gasteiger partial charge in [0.2, 0.25) is 10.0 Å². The van der Waals surface area contributed by atoms with E-state index in [4.69, 9.17) is 5.14 Å². The van der Waals surface area contributed by atoms with Crippen molar-refractivity contribution in [3.8, 4) is 10.7 Å². The molecule has 0 unspecified atom stereocenters. The van der Waals surface area contributed by atoms with E-state index in [1.165, 1.54) is 12.1 Å². The summed E-state index contributed by atoms with van der Waals surface area (Å²) in [6, 6.07) is 4.69. The summed E-state index contributed by atoms with van der Waals surface area (Å²) in [5.74, 6) is -0.0400. The van der Waals surface area contributed by atoms with Crippen molar-refractivity contribution in [1.82, 2.24) is 20.2 Å². The molecule has 1 fully saturated rings. The number of nitrogens with one attached hydrogen (secondary N) is 2. The van der Waals surface area contributed by atoms with Crippen LogP contribution >= 0.6 is 11.3 Å². The van der Waals surface area contributed by atoms with Gasteiger partial charge in [0.1, 0.15) is 15.6 Å². The molecule has 3 heterocycles. The number of rotatable bonds is 6. The van der Waals surface area contributed by atoms with Crippen molar-refractivity contribution in [3.05, 3.63) is 35.7 Å². The van der Waals surface area contributed by atoms with E-state index >= 15 is 0 Å². The first-order chi connectivity index (χ1) is 12.8. The highest BCUT2D eigenvalue weighted by atomic mass is 32.2. The van der Waals surface area contributed by atoms with Crippen molar-refractivity contribution in [2.75, 3.05) is 5.32 Å². The Morgan fingerprint density at radius 2 is 2.19 bits per heavy atom. The number of H-pyrrole nitrogens is 1. The Morgan fingerprint density at radius 3 is 2.81 bits per heavy atom. The lowest BCUT2D eigenvalue weighted by atomic mass is 10.3. The lowest BCUT2D eigenvalue weighted by Gasteiger charge is -2.07. The fraction of sp³-hybridized carbons (Fsp3) is 0.200. The van der Waals surface area contributed by atoms with E-state index in [2.05, 4.69) is 25.5 Å². The number of aromatic carboxylic acids is 1. The van der Waals surface area contributed by atoms with Crippen molar-refractivity contribution in [3.63, 3.8) is 0 Å². The first-order valence-corrected chi connectivity index (χ1v) is 10.2. The summed E-state index contributed by atoms with van der Waals surface area (Å²) in [6.07, 6.45) is 3.37. The number of aromatic nitrogens is 4. The predicted octanol–water partition coefficient (Wildman–Crippen LogP) is 2.14. The van der Waals surface area contributed by atoms with Gasteiger partial charge in [-0.3, -0.25) is 5.10 Å². The molecule has 0 atom stereocenters. The number of nitrogens with zero attached hydrogens (tertiary/aromatic N) is 3. The number of sulfonamides is 1. The van der Waals surface area contributed by atoms with Crippen molar-refractivity contribution < 1.29 is 19.7 Å². The minimum atomic E-state index is -3.83. The number of hydrogen-bond donors (Lipinski definition) is 4. The van der Waals surface area contributed by atoms with Crippen LogP contribution in [0, 0.1) is 0 Å². The van der Waals surface area contributed by atoms with Crippen LogP contribution in [0.5, 0.6) is 0 Å². The maximum Gasteiger partial charge on any atom is 0.341 e. The van der Waals surface area contributed by atoms with E-state index in [-0.39, 0.29) is 22.8 Å². The number of carboxylic acid groups (broad SMARTS) is 1. The summed E-state index contributed by atoms with van der Waals surface area (Å²) in [5, 5.41) is 24.4. The molecule has 1 saturated carbocycles. The minimum absolute atomic E-state index is 0. The summed E-state index contributed by atoms with van der Waals surface area (Å²) < 4.78 is 22.8. The van der Waals surface area contributed by atoms with Crippen LogP contribution in [0.1, 0.15) is 36.2 Å². The first-order valence-electron chi connectivity index (χ1n) is 7.87. The fourth-order valence-electron chi connectivity index (χ4n) is 2.47. The number of thiophene rings is 1. The van der Waals surface area contributed by atoms with Crippen LogP contribution in [-0.4, -0.2) is 39.7 Å². The fourth-order valence-corrected chi connectivity index (χ4v) is 4.14. The molecule has 0 aromatic carbocycles. The topological polar surface area (TPSA) is 164 Å². The Morgan fingerprint density at radius 1 is 1.41 bits per heavy atom. The molecule has 0 saturated heterocycles. The summed E-state index contributed by atoms with van der Waals surface area (Å²) >= 11 is 0.904. The summed E-state index contributed by atoms with van der Waals surface area (Å²) in [5.41, 5.74) is 0.859. The highest BCUT2D eigenvalue weighted by Crippen LogP contribution is 2.39. The summed E-state index contributed by atoms with van der Waals surface area (Å²) in [6.45, 7) is 0. The van der Waals surface area contributed by atoms with Gasteiger partial charge in [-0.05, 0) is 25.0 Å². The Labute approximate surface area is 159 Å². The van der Waals surface area contributed by atoms with E-state index in [1.807, 2.05) is 6.07 Å². The van der Waals surface area contributed by atoms with E-state index < -0.39 is 16.0 Å². The van der Waals surface area contributed by atoms with Gasteiger partial charge < -0.3 is 10.4 Å². The highest BCUT2D eigenvalue weighted by molar-refractivity contribution is 7.91. The number of aromatic amines is 1. The minimum Gasteiger partial charge on any atom is -0.477 e. The van der Waals surface area contributed by atoms with Crippen molar-refractivity contribution in [1.29, 1.82) is 0 Å². The Balaban J connectivity index is 0.00000225. The molecule has 0 amide bonds. The monoisotopic (exact) mass is 408 g/mol. The second-order valence-electron chi connectivity index (χ2n) is 6.03. The van der Waals surface area contributed by atoms with Gasteiger partial charge in [0, 0.05) is 25.3 Å². The summed E-state index contributed by atoms with van der Waals surface area (Å²) in [4.78, 5) is 20.2. The smallest absolute Gasteiger partial charge is 0.341 e. The summed E-state index contributed by atoms with van der Waals surface area (Å²) in [7, 11) is -3.83. The van der Waals surface area contributed by atoms with E-state index in [1.54, 1.807) is 0 Å². The van der Waals surface area contributed by atoms with Gasteiger partial charge in [-0.25, -0.2) is 28.3 Å². The quantitative estimate of drug-likeness (QED) is 0.482. The third-order valence-corrected chi connectivity index (χ3v) is 6.48. The number of carboxylic acids is 1. The zero-order valence-corrected chi connectivity index (χ0v) is 15.3. The number of hydrogen-bond acceptors (Lipinski definition) is 8. The van der Waals surface area contributed by atoms with E-state index in [0.717, 1.165) is 36.1 Å². The number of carbonyl (C=O) groups is 1. The average Bonchev–Trinajstić information content (AvgIpc) is 3.14. The molecule has 5 N–H and O–H groups in total. The molecule has 4 rings (SSSR count). The number of nitrogens with two attached hydrogens (primary N) is 1. The van der Waals surface area contributed by atoms with Crippen LogP contribution in [0.3, 0.4) is 0 Å². The van der Waals surface area contributed by atoms with Gasteiger partial charge >= 0.3 is 5.97 Å². The third-order valence-electron chi connectivity index (χ3n) is 3.96. The van der Waals surface area contributed by atoms with Gasteiger partial charge in [0.05, 0.1) is 4.88 Å². The standard InChI is InChI=1S/C15H14N6O4S2.H2/c16-27(24,25)12-4-3-10(26-12)14-17-6-8(15(22)23)13(19-14)18-11-5-9(20-21-11)7-1-2-7;/h3-7H,1-2H2,(H,22,23)(H2,16,24,25)(H2,17,18,19,20,21);1H. The second kappa shape index (κ2) is 6.40. The van der Waals surface area contributed by atoms with Gasteiger partial charge in [0.25, 0.3) is 0 Å². The molecule has 142 valence electrons. The normalized spacial score (nSPS) is 14.3. The van der Waals surface area contributed by atoms with Crippen LogP contribution in [0.15, 0.2) is 28.6 Å². The molecule has 0 spiro atoms. The van der Waals surface area contributed by atoms with Crippen LogP contribution in [-0.2, 0) is 10.0 Å². The maximum atomic E-state index is 11.5. The lowest BCUT2D eigenvalue weighted by Crippen LogP contribution is -2.09. The van der Waals surface area contributed by atoms with Gasteiger partial charge in [-0.1, -0.05) is 0 Å². The maximum absolute atomic E-state index is 11.5. The van der Waals surface area contributed by atoms with Crippen molar-refractivity contribution in [2.24, 2.45) is 5.14 Å². The molecule has 3 aromatic heterocycles. The molecule has 10 nitrogen and oxygen atoms in total. The number of primary sulfonamides is 1. The van der Waals surface area contributed by atoms with E-state index in [0.29, 0.717) is 16.6 Å². The molecule has 1 aliphatic rings. The molecule has 0 radical (unpaired) electrons.